The number of aromatic nitrogens is 4. The number of nitrogen functional groups attached to an aromatic ring is 1. The second-order valence-corrected chi connectivity index (χ2v) is 12.0. The summed E-state index contributed by atoms with van der Waals surface area (Å²) >= 11 is 1.59. The van der Waals surface area contributed by atoms with Crippen molar-refractivity contribution in [2.45, 2.75) is 18.8 Å². The molecule has 0 bridgehead atoms. The summed E-state index contributed by atoms with van der Waals surface area (Å²) in [6.07, 6.45) is 4.68. The molecular weight excluding hydrogens is 478 g/mol. The van der Waals surface area contributed by atoms with E-state index in [0.29, 0.717) is 24.3 Å². The smallest absolute Gasteiger partial charge is 0.165 e. The number of sulfone groups is 1. The van der Waals surface area contributed by atoms with E-state index in [0.717, 1.165) is 38.5 Å². The molecule has 1 saturated heterocycles. The molecule has 35 heavy (non-hydrogen) atoms. The Hall–Kier alpha value is -3.56. The number of benzene rings is 1. The summed E-state index contributed by atoms with van der Waals surface area (Å²) in [6.45, 7) is 0. The van der Waals surface area contributed by atoms with Crippen LogP contribution in [-0.4, -0.2) is 39.5 Å². The van der Waals surface area contributed by atoms with Gasteiger partial charge in [0.2, 0.25) is 0 Å². The monoisotopic (exact) mass is 501 g/mol. The quantitative estimate of drug-likeness (QED) is 0.369. The standard InChI is InChI=1S/C26H23N5O2S2/c27-25-23(22-7-4-12-34-22)24(18-10-13-35(32,33)14-11-18)30-26-20(16-29-31(25)26)19-8-9-21(28-15-19)17-5-2-1-3-6-17/h1-9,12,15-16,18H,10-11,13-14,27H2. The molecule has 7 nitrogen and oxygen atoms in total. The molecule has 5 heterocycles. The van der Waals surface area contributed by atoms with Crippen LogP contribution in [0.25, 0.3) is 38.5 Å². The van der Waals surface area contributed by atoms with Gasteiger partial charge in [-0.3, -0.25) is 4.98 Å². The second kappa shape index (κ2) is 8.58. The number of nitrogens with zero attached hydrogens (tertiary/aromatic N) is 4. The number of nitrogens with two attached hydrogens (primary N) is 1. The molecular formula is C26H23N5O2S2. The molecule has 0 amide bonds. The third kappa shape index (κ3) is 4.00. The molecule has 2 N–H and O–H groups in total. The lowest BCUT2D eigenvalue weighted by atomic mass is 9.94. The van der Waals surface area contributed by atoms with E-state index in [-0.39, 0.29) is 17.4 Å². The minimum Gasteiger partial charge on any atom is -0.383 e. The van der Waals surface area contributed by atoms with Crippen LogP contribution in [0.15, 0.2) is 72.4 Å². The number of hydrogen-bond donors (Lipinski definition) is 1. The Balaban J connectivity index is 1.48. The molecule has 1 aromatic carbocycles. The van der Waals surface area contributed by atoms with Gasteiger partial charge in [-0.15, -0.1) is 11.3 Å². The van der Waals surface area contributed by atoms with Gasteiger partial charge >= 0.3 is 0 Å². The van der Waals surface area contributed by atoms with E-state index >= 15 is 0 Å². The van der Waals surface area contributed by atoms with E-state index < -0.39 is 9.84 Å². The number of anilines is 1. The van der Waals surface area contributed by atoms with E-state index in [2.05, 4.69) is 10.1 Å². The maximum atomic E-state index is 12.1. The lowest BCUT2D eigenvalue weighted by molar-refractivity contribution is 0.545. The van der Waals surface area contributed by atoms with Crippen LogP contribution in [0.5, 0.6) is 0 Å². The first-order chi connectivity index (χ1) is 17.0. The minimum absolute atomic E-state index is 0.0178. The molecule has 0 spiro atoms. The fourth-order valence-corrected chi connectivity index (χ4v) is 6.98. The van der Waals surface area contributed by atoms with E-state index in [1.807, 2.05) is 66.2 Å². The Labute approximate surface area is 207 Å². The SMILES string of the molecule is Nc1c(-c2cccs2)c(C2CCS(=O)(=O)CC2)nc2c(-c3ccc(-c4ccccc4)nc3)cnn12. The minimum atomic E-state index is -2.99. The van der Waals surface area contributed by atoms with Gasteiger partial charge in [0.25, 0.3) is 0 Å². The number of hydrogen-bond acceptors (Lipinski definition) is 7. The van der Waals surface area contributed by atoms with Crippen molar-refractivity contribution in [3.63, 3.8) is 0 Å². The molecule has 9 heteroatoms. The van der Waals surface area contributed by atoms with Crippen molar-refractivity contribution in [3.8, 4) is 32.8 Å². The summed E-state index contributed by atoms with van der Waals surface area (Å²) < 4.78 is 25.8. The number of pyridine rings is 1. The highest BCUT2D eigenvalue weighted by Gasteiger charge is 2.30. The zero-order valence-corrected chi connectivity index (χ0v) is 20.5. The molecule has 1 aliphatic heterocycles. The van der Waals surface area contributed by atoms with E-state index in [1.54, 1.807) is 22.0 Å². The first kappa shape index (κ1) is 21.9. The van der Waals surface area contributed by atoms with Gasteiger partial charge in [0.1, 0.15) is 15.7 Å². The molecule has 0 atom stereocenters. The number of rotatable bonds is 4. The third-order valence-corrected chi connectivity index (χ3v) is 9.17. The summed E-state index contributed by atoms with van der Waals surface area (Å²) in [5.74, 6) is 0.876. The summed E-state index contributed by atoms with van der Waals surface area (Å²) in [7, 11) is -2.99. The van der Waals surface area contributed by atoms with E-state index in [1.165, 1.54) is 0 Å². The van der Waals surface area contributed by atoms with E-state index in [4.69, 9.17) is 10.7 Å². The molecule has 6 rings (SSSR count). The average molecular weight is 502 g/mol. The third-order valence-electron chi connectivity index (χ3n) is 6.56. The predicted octanol–water partition coefficient (Wildman–Crippen LogP) is 5.06. The molecule has 1 fully saturated rings. The molecule has 0 unspecified atom stereocenters. The van der Waals surface area contributed by atoms with Crippen molar-refractivity contribution in [2.24, 2.45) is 0 Å². The van der Waals surface area contributed by atoms with Crippen molar-refractivity contribution < 1.29 is 8.42 Å². The first-order valence-electron chi connectivity index (χ1n) is 11.4. The van der Waals surface area contributed by atoms with Crippen molar-refractivity contribution in [3.05, 3.63) is 78.1 Å². The topological polar surface area (TPSA) is 103 Å². The van der Waals surface area contributed by atoms with Crippen LogP contribution < -0.4 is 5.73 Å². The second-order valence-electron chi connectivity index (χ2n) is 8.75. The van der Waals surface area contributed by atoms with Crippen molar-refractivity contribution in [1.29, 1.82) is 0 Å². The predicted molar refractivity (Wildman–Crippen MR) is 140 cm³/mol. The molecule has 0 saturated carbocycles. The highest BCUT2D eigenvalue weighted by molar-refractivity contribution is 7.91. The normalized spacial score (nSPS) is 16.0. The summed E-state index contributed by atoms with van der Waals surface area (Å²) in [4.78, 5) is 10.8. The largest absolute Gasteiger partial charge is 0.383 e. The maximum Gasteiger partial charge on any atom is 0.165 e. The lowest BCUT2D eigenvalue weighted by Gasteiger charge is -2.24. The van der Waals surface area contributed by atoms with Crippen LogP contribution in [0.2, 0.25) is 0 Å². The fraction of sp³-hybridized carbons (Fsp3) is 0.192. The van der Waals surface area contributed by atoms with Gasteiger partial charge in [-0.25, -0.2) is 13.4 Å². The van der Waals surface area contributed by atoms with E-state index in [9.17, 15) is 8.42 Å². The Morgan fingerprint density at radius 2 is 1.74 bits per heavy atom. The van der Waals surface area contributed by atoms with Crippen molar-refractivity contribution in [2.75, 3.05) is 17.2 Å². The molecule has 5 aromatic rings. The van der Waals surface area contributed by atoms with Gasteiger partial charge in [0.15, 0.2) is 5.65 Å². The van der Waals surface area contributed by atoms with Gasteiger partial charge in [-0.05, 0) is 30.4 Å². The van der Waals surface area contributed by atoms with Crippen LogP contribution >= 0.6 is 11.3 Å². The highest BCUT2D eigenvalue weighted by atomic mass is 32.2. The molecule has 0 aliphatic carbocycles. The van der Waals surface area contributed by atoms with Gasteiger partial charge < -0.3 is 5.73 Å². The molecule has 176 valence electrons. The van der Waals surface area contributed by atoms with Gasteiger partial charge in [0.05, 0.1) is 34.7 Å². The van der Waals surface area contributed by atoms with Crippen molar-refractivity contribution >= 4 is 32.6 Å². The zero-order valence-electron chi connectivity index (χ0n) is 18.8. The molecule has 0 radical (unpaired) electrons. The maximum absolute atomic E-state index is 12.1. The molecule has 1 aliphatic rings. The Morgan fingerprint density at radius 3 is 2.43 bits per heavy atom. The van der Waals surface area contributed by atoms with Crippen LogP contribution in [0.1, 0.15) is 24.5 Å². The van der Waals surface area contributed by atoms with Crippen molar-refractivity contribution in [1.82, 2.24) is 19.6 Å². The lowest BCUT2D eigenvalue weighted by Crippen LogP contribution is -2.23. The van der Waals surface area contributed by atoms with Crippen LogP contribution in [-0.2, 0) is 9.84 Å². The number of fused-ring (bicyclic) bond motifs is 1. The number of thiophene rings is 1. The zero-order chi connectivity index (χ0) is 24.0. The first-order valence-corrected chi connectivity index (χ1v) is 14.1. The Bertz CT molecular complexity index is 1600. The summed E-state index contributed by atoms with van der Waals surface area (Å²) in [5, 5.41) is 6.57. The summed E-state index contributed by atoms with van der Waals surface area (Å²) in [5.41, 5.74) is 12.7. The Kier molecular flexibility index (Phi) is 5.38. The molecule has 4 aromatic heterocycles. The highest BCUT2D eigenvalue weighted by Crippen LogP contribution is 2.41. The van der Waals surface area contributed by atoms with Crippen LogP contribution in [0.3, 0.4) is 0 Å². The summed E-state index contributed by atoms with van der Waals surface area (Å²) in [6, 6.07) is 18.0. The van der Waals surface area contributed by atoms with Gasteiger partial charge in [-0.1, -0.05) is 42.5 Å². The van der Waals surface area contributed by atoms with Crippen LogP contribution in [0, 0.1) is 0 Å². The van der Waals surface area contributed by atoms with Gasteiger partial charge in [0, 0.05) is 33.7 Å². The van der Waals surface area contributed by atoms with Gasteiger partial charge in [-0.2, -0.15) is 9.61 Å². The fourth-order valence-electron chi connectivity index (χ4n) is 4.70. The Morgan fingerprint density at radius 1 is 0.943 bits per heavy atom. The average Bonchev–Trinajstić information content (AvgIpc) is 3.55. The van der Waals surface area contributed by atoms with Crippen LogP contribution in [0.4, 0.5) is 5.82 Å².